The molecule has 1 fully saturated rings. The Bertz CT molecular complexity index is 573. The Labute approximate surface area is 139 Å². The van der Waals surface area contributed by atoms with Crippen molar-refractivity contribution in [1.82, 2.24) is 10.2 Å². The molecule has 9 heteroatoms. The van der Waals surface area contributed by atoms with Gasteiger partial charge in [0.15, 0.2) is 6.61 Å². The minimum atomic E-state index is -0.981. The predicted molar refractivity (Wildman–Crippen MR) is 84.4 cm³/mol. The molecule has 7 nitrogen and oxygen atoms in total. The summed E-state index contributed by atoms with van der Waals surface area (Å²) < 4.78 is 18.7. The van der Waals surface area contributed by atoms with E-state index in [1.54, 1.807) is 4.90 Å². The smallest absolute Gasteiger partial charge is 0.305 e. The second kappa shape index (κ2) is 8.64. The van der Waals surface area contributed by atoms with Crippen LogP contribution < -0.4 is 10.1 Å². The third-order valence-electron chi connectivity index (χ3n) is 3.61. The van der Waals surface area contributed by atoms with Gasteiger partial charge < -0.3 is 15.0 Å². The van der Waals surface area contributed by atoms with E-state index in [0.29, 0.717) is 19.0 Å². The maximum Gasteiger partial charge on any atom is 0.305 e. The number of rotatable bonds is 6. The van der Waals surface area contributed by atoms with Crippen LogP contribution in [0.5, 0.6) is 5.75 Å². The van der Waals surface area contributed by atoms with Gasteiger partial charge in [0.25, 0.3) is 5.91 Å². The molecule has 0 radical (unpaired) electrons. The summed E-state index contributed by atoms with van der Waals surface area (Å²) in [6.07, 6.45) is 0.943. The highest BCUT2D eigenvalue weighted by atomic mass is 35.5. The number of nitro groups is 1. The Morgan fingerprint density at radius 1 is 1.57 bits per heavy atom. The lowest BCUT2D eigenvalue weighted by molar-refractivity contribution is -0.387. The van der Waals surface area contributed by atoms with Gasteiger partial charge in [0.1, 0.15) is 5.75 Å². The molecule has 2 rings (SSSR count). The molecule has 1 aliphatic heterocycles. The molecule has 1 saturated heterocycles. The van der Waals surface area contributed by atoms with Crippen LogP contribution in [0.3, 0.4) is 0 Å². The minimum Gasteiger partial charge on any atom is -0.484 e. The number of ether oxygens (including phenoxy) is 1. The van der Waals surface area contributed by atoms with Gasteiger partial charge in [-0.25, -0.2) is 0 Å². The summed E-state index contributed by atoms with van der Waals surface area (Å²) in [7, 11) is 1.87. The average molecular weight is 348 g/mol. The first-order valence-corrected chi connectivity index (χ1v) is 7.00. The van der Waals surface area contributed by atoms with Crippen molar-refractivity contribution in [3.05, 3.63) is 34.1 Å². The molecule has 1 unspecified atom stereocenters. The van der Waals surface area contributed by atoms with E-state index in [4.69, 9.17) is 4.74 Å². The van der Waals surface area contributed by atoms with Gasteiger partial charge in [0.2, 0.25) is 5.82 Å². The topological polar surface area (TPSA) is 84.7 Å². The molecule has 128 valence electrons. The summed E-state index contributed by atoms with van der Waals surface area (Å²) in [5.74, 6) is -0.615. The molecule has 1 heterocycles. The lowest BCUT2D eigenvalue weighted by Gasteiger charge is -2.17. The molecule has 23 heavy (non-hydrogen) atoms. The monoisotopic (exact) mass is 347 g/mol. The Morgan fingerprint density at radius 3 is 2.91 bits per heavy atom. The van der Waals surface area contributed by atoms with E-state index in [0.717, 1.165) is 25.1 Å². The maximum atomic E-state index is 13.4. The number of likely N-dealkylation sites (tertiary alicyclic amines) is 1. The average Bonchev–Trinajstić information content (AvgIpc) is 2.93. The molecule has 1 aliphatic rings. The number of nitrogens with zero attached hydrogens (tertiary/aromatic N) is 2. The zero-order valence-corrected chi connectivity index (χ0v) is 13.5. The number of hydrogen-bond donors (Lipinski definition) is 1. The SMILES string of the molecule is CNCC1CCN(C(=O)COc2ccc([N+](=O)[O-])c(F)c2)C1.Cl. The van der Waals surface area contributed by atoms with E-state index in [2.05, 4.69) is 5.32 Å². The molecule has 1 amide bonds. The maximum absolute atomic E-state index is 13.4. The van der Waals surface area contributed by atoms with Crippen molar-refractivity contribution in [3.8, 4) is 5.75 Å². The van der Waals surface area contributed by atoms with Crippen LogP contribution in [-0.4, -0.2) is 49.0 Å². The fourth-order valence-corrected chi connectivity index (χ4v) is 2.48. The highest BCUT2D eigenvalue weighted by Crippen LogP contribution is 2.22. The number of nitrogens with one attached hydrogen (secondary N) is 1. The van der Waals surface area contributed by atoms with E-state index in [9.17, 15) is 19.3 Å². The third-order valence-corrected chi connectivity index (χ3v) is 3.61. The van der Waals surface area contributed by atoms with Crippen LogP contribution in [0.25, 0.3) is 0 Å². The first-order valence-electron chi connectivity index (χ1n) is 7.00. The van der Waals surface area contributed by atoms with Gasteiger partial charge in [-0.05, 0) is 32.0 Å². The van der Waals surface area contributed by atoms with Crippen molar-refractivity contribution in [1.29, 1.82) is 0 Å². The van der Waals surface area contributed by atoms with Crippen LogP contribution in [0.15, 0.2) is 18.2 Å². The number of amides is 1. The lowest BCUT2D eigenvalue weighted by atomic mass is 10.1. The van der Waals surface area contributed by atoms with Crippen molar-refractivity contribution >= 4 is 24.0 Å². The van der Waals surface area contributed by atoms with Crippen LogP contribution in [0.1, 0.15) is 6.42 Å². The second-order valence-corrected chi connectivity index (χ2v) is 5.21. The first-order chi connectivity index (χ1) is 10.5. The first kappa shape index (κ1) is 19.1. The number of carbonyl (C=O) groups is 1. The van der Waals surface area contributed by atoms with Gasteiger partial charge in [0.05, 0.1) is 4.92 Å². The second-order valence-electron chi connectivity index (χ2n) is 5.21. The number of nitro benzene ring substituents is 1. The van der Waals surface area contributed by atoms with Crippen LogP contribution in [0, 0.1) is 21.8 Å². The summed E-state index contributed by atoms with van der Waals surface area (Å²) in [6.45, 7) is 2.02. The molecule has 0 bridgehead atoms. The minimum absolute atomic E-state index is 0. The number of hydrogen-bond acceptors (Lipinski definition) is 5. The van der Waals surface area contributed by atoms with E-state index in [-0.39, 0.29) is 30.7 Å². The van der Waals surface area contributed by atoms with Crippen molar-refractivity contribution in [2.24, 2.45) is 5.92 Å². The number of benzene rings is 1. The molecular weight excluding hydrogens is 329 g/mol. The van der Waals surface area contributed by atoms with Gasteiger partial charge in [-0.1, -0.05) is 0 Å². The predicted octanol–water partition coefficient (Wildman–Crippen LogP) is 1.60. The van der Waals surface area contributed by atoms with Crippen LogP contribution in [-0.2, 0) is 4.79 Å². The molecule has 1 aromatic rings. The van der Waals surface area contributed by atoms with Gasteiger partial charge in [-0.2, -0.15) is 4.39 Å². The molecule has 0 spiro atoms. The molecule has 0 aliphatic carbocycles. The van der Waals surface area contributed by atoms with E-state index < -0.39 is 16.4 Å². The highest BCUT2D eigenvalue weighted by molar-refractivity contribution is 5.85. The normalized spacial score (nSPS) is 16.8. The molecule has 1 atom stereocenters. The largest absolute Gasteiger partial charge is 0.484 e. The fraction of sp³-hybridized carbons (Fsp3) is 0.500. The third kappa shape index (κ3) is 5.04. The van der Waals surface area contributed by atoms with Crippen LogP contribution in [0.4, 0.5) is 10.1 Å². The van der Waals surface area contributed by atoms with Crippen LogP contribution >= 0.6 is 12.4 Å². The Balaban J connectivity index is 0.00000264. The van der Waals surface area contributed by atoms with Crippen molar-refractivity contribution < 1.29 is 18.8 Å². The lowest BCUT2D eigenvalue weighted by Crippen LogP contribution is -2.34. The van der Waals surface area contributed by atoms with Crippen molar-refractivity contribution in [2.75, 3.05) is 33.3 Å². The molecule has 0 aromatic heterocycles. The van der Waals surface area contributed by atoms with Crippen LogP contribution in [0.2, 0.25) is 0 Å². The van der Waals surface area contributed by atoms with Gasteiger partial charge >= 0.3 is 5.69 Å². The molecular formula is C14H19ClFN3O4. The standard InChI is InChI=1S/C14H18FN3O4.ClH/c1-16-7-10-4-5-17(8-10)14(19)9-22-11-2-3-13(18(20)21)12(15)6-11;/h2-3,6,10,16H,4-5,7-9H2,1H3;1H. The molecule has 1 N–H and O–H groups in total. The fourth-order valence-electron chi connectivity index (χ4n) is 2.48. The Hall–Kier alpha value is -1.93. The van der Waals surface area contributed by atoms with E-state index in [1.165, 1.54) is 6.07 Å². The van der Waals surface area contributed by atoms with Crippen molar-refractivity contribution in [2.45, 2.75) is 6.42 Å². The summed E-state index contributed by atoms with van der Waals surface area (Å²) in [5.41, 5.74) is -0.617. The quantitative estimate of drug-likeness (QED) is 0.624. The summed E-state index contributed by atoms with van der Waals surface area (Å²) in [5, 5.41) is 13.6. The molecule has 0 saturated carbocycles. The summed E-state index contributed by atoms with van der Waals surface area (Å²) in [4.78, 5) is 23.4. The zero-order chi connectivity index (χ0) is 16.1. The van der Waals surface area contributed by atoms with E-state index >= 15 is 0 Å². The summed E-state index contributed by atoms with van der Waals surface area (Å²) >= 11 is 0. The Morgan fingerprint density at radius 2 is 2.30 bits per heavy atom. The molecule has 1 aromatic carbocycles. The Kier molecular flexibility index (Phi) is 7.18. The van der Waals surface area contributed by atoms with E-state index in [1.807, 2.05) is 7.05 Å². The van der Waals surface area contributed by atoms with Gasteiger partial charge in [-0.3, -0.25) is 14.9 Å². The number of halogens is 2. The van der Waals surface area contributed by atoms with Gasteiger partial charge in [0, 0.05) is 25.2 Å². The number of carbonyl (C=O) groups excluding carboxylic acids is 1. The highest BCUT2D eigenvalue weighted by Gasteiger charge is 2.26. The zero-order valence-electron chi connectivity index (χ0n) is 12.7. The van der Waals surface area contributed by atoms with Gasteiger partial charge in [-0.15, -0.1) is 12.4 Å². The summed E-state index contributed by atoms with van der Waals surface area (Å²) in [6, 6.07) is 3.22. The van der Waals surface area contributed by atoms with Crippen molar-refractivity contribution in [3.63, 3.8) is 0 Å².